The number of hydrogen-bond acceptors (Lipinski definition) is 4. The van der Waals surface area contributed by atoms with E-state index in [4.69, 9.17) is 0 Å². The number of amides is 1. The van der Waals surface area contributed by atoms with Crippen molar-refractivity contribution in [1.29, 1.82) is 0 Å². The predicted octanol–water partition coefficient (Wildman–Crippen LogP) is 0.723. The fourth-order valence-corrected chi connectivity index (χ4v) is 2.44. The van der Waals surface area contributed by atoms with Crippen LogP contribution in [0.5, 0.6) is 0 Å². The molecule has 0 atom stereocenters. The molecule has 6 heteroatoms. The van der Waals surface area contributed by atoms with Gasteiger partial charge >= 0.3 is 0 Å². The number of rotatable bonds is 3. The van der Waals surface area contributed by atoms with Crippen molar-refractivity contribution in [3.05, 3.63) is 47.0 Å². The van der Waals surface area contributed by atoms with E-state index < -0.39 is 0 Å². The maximum absolute atomic E-state index is 12.4. The number of carbonyl (C=O) groups excluding carboxylic acids is 1. The van der Waals surface area contributed by atoms with Crippen LogP contribution in [-0.4, -0.2) is 39.6 Å². The van der Waals surface area contributed by atoms with Crippen molar-refractivity contribution in [1.82, 2.24) is 25.4 Å². The number of benzene rings is 1. The van der Waals surface area contributed by atoms with Gasteiger partial charge in [0.05, 0.1) is 6.54 Å². The number of fused-ring (bicyclic) bond motifs is 1. The molecule has 0 saturated carbocycles. The molecular formula is C14H17N5O. The minimum atomic E-state index is -0.00484. The van der Waals surface area contributed by atoms with Gasteiger partial charge in [-0.15, -0.1) is 0 Å². The lowest BCUT2D eigenvalue weighted by Gasteiger charge is -2.20. The fraction of sp³-hybridized carbons (Fsp3) is 0.357. The van der Waals surface area contributed by atoms with E-state index in [0.717, 1.165) is 25.1 Å². The molecule has 0 unspecified atom stereocenters. The molecule has 2 heterocycles. The third-order valence-corrected chi connectivity index (χ3v) is 3.54. The van der Waals surface area contributed by atoms with Crippen molar-refractivity contribution in [2.45, 2.75) is 19.5 Å². The zero-order valence-electron chi connectivity index (χ0n) is 11.4. The summed E-state index contributed by atoms with van der Waals surface area (Å²) in [5.41, 5.74) is 3.27. The standard InChI is InChI=1S/C14H17N5O/c1-19(8-13-16-9-17-18-13)14(20)11-3-2-10-4-5-15-7-12(10)6-11/h2-3,6,9,15H,4-5,7-8H2,1H3,(H,16,17,18). The first-order chi connectivity index (χ1) is 9.74. The number of nitrogens with one attached hydrogen (secondary N) is 2. The zero-order chi connectivity index (χ0) is 13.9. The molecule has 1 aliphatic heterocycles. The van der Waals surface area contributed by atoms with Gasteiger partial charge in [0.15, 0.2) is 0 Å². The molecule has 6 nitrogen and oxygen atoms in total. The molecule has 20 heavy (non-hydrogen) atoms. The molecule has 0 aliphatic carbocycles. The Labute approximate surface area is 117 Å². The summed E-state index contributed by atoms with van der Waals surface area (Å²) >= 11 is 0. The van der Waals surface area contributed by atoms with Gasteiger partial charge in [-0.05, 0) is 36.2 Å². The van der Waals surface area contributed by atoms with Crippen molar-refractivity contribution < 1.29 is 4.79 Å². The second-order valence-corrected chi connectivity index (χ2v) is 5.00. The lowest BCUT2D eigenvalue weighted by Crippen LogP contribution is -2.28. The van der Waals surface area contributed by atoms with Gasteiger partial charge in [0, 0.05) is 19.2 Å². The quantitative estimate of drug-likeness (QED) is 0.863. The minimum Gasteiger partial charge on any atom is -0.334 e. The summed E-state index contributed by atoms with van der Waals surface area (Å²) in [5, 5.41) is 9.87. The summed E-state index contributed by atoms with van der Waals surface area (Å²) in [6, 6.07) is 5.95. The first-order valence-corrected chi connectivity index (χ1v) is 6.66. The van der Waals surface area contributed by atoms with E-state index in [1.54, 1.807) is 11.9 Å². The van der Waals surface area contributed by atoms with E-state index in [1.807, 2.05) is 12.1 Å². The van der Waals surface area contributed by atoms with Crippen LogP contribution in [0.2, 0.25) is 0 Å². The van der Waals surface area contributed by atoms with Crippen molar-refractivity contribution in [3.63, 3.8) is 0 Å². The van der Waals surface area contributed by atoms with Crippen molar-refractivity contribution in [2.24, 2.45) is 0 Å². The highest BCUT2D eigenvalue weighted by Crippen LogP contribution is 2.17. The number of aromatic amines is 1. The molecular weight excluding hydrogens is 254 g/mol. The summed E-state index contributed by atoms with van der Waals surface area (Å²) in [6.45, 7) is 2.27. The highest BCUT2D eigenvalue weighted by molar-refractivity contribution is 5.94. The van der Waals surface area contributed by atoms with Crippen LogP contribution in [0.25, 0.3) is 0 Å². The number of carbonyl (C=O) groups is 1. The average Bonchev–Trinajstić information content (AvgIpc) is 2.99. The second kappa shape index (κ2) is 5.42. The van der Waals surface area contributed by atoms with Crippen LogP contribution in [0.4, 0.5) is 0 Å². The van der Waals surface area contributed by atoms with Crippen molar-refractivity contribution in [2.75, 3.05) is 13.6 Å². The van der Waals surface area contributed by atoms with Gasteiger partial charge in [-0.25, -0.2) is 4.98 Å². The van der Waals surface area contributed by atoms with Crippen LogP contribution in [0, 0.1) is 0 Å². The Balaban J connectivity index is 1.76. The molecule has 1 aromatic carbocycles. The molecule has 2 N–H and O–H groups in total. The molecule has 1 amide bonds. The Morgan fingerprint density at radius 3 is 3.10 bits per heavy atom. The van der Waals surface area contributed by atoms with Gasteiger partial charge in [-0.1, -0.05) is 6.07 Å². The van der Waals surface area contributed by atoms with E-state index in [0.29, 0.717) is 12.4 Å². The lowest BCUT2D eigenvalue weighted by atomic mass is 9.98. The Morgan fingerprint density at radius 2 is 2.30 bits per heavy atom. The Bertz CT molecular complexity index is 608. The molecule has 2 aromatic rings. The highest BCUT2D eigenvalue weighted by atomic mass is 16.2. The molecule has 0 bridgehead atoms. The zero-order valence-corrected chi connectivity index (χ0v) is 11.4. The summed E-state index contributed by atoms with van der Waals surface area (Å²) in [4.78, 5) is 18.1. The Kier molecular flexibility index (Phi) is 3.47. The first kappa shape index (κ1) is 12.8. The van der Waals surface area contributed by atoms with Gasteiger partial charge in [0.25, 0.3) is 5.91 Å². The number of aromatic nitrogens is 3. The maximum Gasteiger partial charge on any atom is 0.254 e. The maximum atomic E-state index is 12.4. The normalized spacial score (nSPS) is 13.8. The van der Waals surface area contributed by atoms with Gasteiger partial charge in [0.1, 0.15) is 12.2 Å². The predicted molar refractivity (Wildman–Crippen MR) is 74.0 cm³/mol. The summed E-state index contributed by atoms with van der Waals surface area (Å²) in [7, 11) is 1.77. The molecule has 0 saturated heterocycles. The molecule has 1 aromatic heterocycles. The van der Waals surface area contributed by atoms with Crippen LogP contribution in [0.1, 0.15) is 27.3 Å². The second-order valence-electron chi connectivity index (χ2n) is 5.00. The molecule has 1 aliphatic rings. The summed E-state index contributed by atoms with van der Waals surface area (Å²) in [6.07, 6.45) is 2.47. The van der Waals surface area contributed by atoms with Crippen LogP contribution in [0.15, 0.2) is 24.5 Å². The lowest BCUT2D eigenvalue weighted by molar-refractivity contribution is 0.0781. The van der Waals surface area contributed by atoms with Gasteiger partial charge in [-0.3, -0.25) is 9.89 Å². The topological polar surface area (TPSA) is 73.9 Å². The van der Waals surface area contributed by atoms with E-state index in [1.165, 1.54) is 17.5 Å². The number of hydrogen-bond donors (Lipinski definition) is 2. The summed E-state index contributed by atoms with van der Waals surface area (Å²) in [5.74, 6) is 0.676. The fourth-order valence-electron chi connectivity index (χ4n) is 2.44. The molecule has 0 spiro atoms. The van der Waals surface area contributed by atoms with Gasteiger partial charge in [-0.2, -0.15) is 5.10 Å². The minimum absolute atomic E-state index is 0.00484. The largest absolute Gasteiger partial charge is 0.334 e. The number of H-pyrrole nitrogens is 1. The first-order valence-electron chi connectivity index (χ1n) is 6.66. The smallest absolute Gasteiger partial charge is 0.254 e. The monoisotopic (exact) mass is 271 g/mol. The summed E-state index contributed by atoms with van der Waals surface area (Å²) < 4.78 is 0. The Morgan fingerprint density at radius 1 is 1.40 bits per heavy atom. The van der Waals surface area contributed by atoms with Crippen molar-refractivity contribution >= 4 is 5.91 Å². The van der Waals surface area contributed by atoms with E-state index in [2.05, 4.69) is 26.6 Å². The van der Waals surface area contributed by atoms with E-state index in [9.17, 15) is 4.79 Å². The highest BCUT2D eigenvalue weighted by Gasteiger charge is 2.16. The molecule has 0 fully saturated rings. The van der Waals surface area contributed by atoms with Crippen molar-refractivity contribution in [3.8, 4) is 0 Å². The van der Waals surface area contributed by atoms with Crippen LogP contribution in [0.3, 0.4) is 0 Å². The number of nitrogens with zero attached hydrogens (tertiary/aromatic N) is 3. The average molecular weight is 271 g/mol. The SMILES string of the molecule is CN(Cc1ncn[nH]1)C(=O)c1ccc2c(c1)CNCC2. The van der Waals surface area contributed by atoms with Crippen LogP contribution < -0.4 is 5.32 Å². The third kappa shape index (κ3) is 2.55. The van der Waals surface area contributed by atoms with Crippen LogP contribution >= 0.6 is 0 Å². The molecule has 0 radical (unpaired) electrons. The molecule has 104 valence electrons. The molecule has 3 rings (SSSR count). The van der Waals surface area contributed by atoms with Crippen LogP contribution in [-0.2, 0) is 19.5 Å². The van der Waals surface area contributed by atoms with E-state index in [-0.39, 0.29) is 5.91 Å². The van der Waals surface area contributed by atoms with Gasteiger partial charge in [0.2, 0.25) is 0 Å². The third-order valence-electron chi connectivity index (χ3n) is 3.54. The van der Waals surface area contributed by atoms with E-state index >= 15 is 0 Å². The Hall–Kier alpha value is -2.21. The van der Waals surface area contributed by atoms with Gasteiger partial charge < -0.3 is 10.2 Å².